The van der Waals surface area contributed by atoms with Gasteiger partial charge < -0.3 is 5.32 Å². The van der Waals surface area contributed by atoms with Crippen molar-refractivity contribution >= 4 is 0 Å². The van der Waals surface area contributed by atoms with E-state index in [2.05, 4.69) is 17.5 Å². The maximum Gasteiger partial charge on any atom is 0 e. The molecule has 1 heterocycles. The van der Waals surface area contributed by atoms with Crippen molar-refractivity contribution in [2.24, 2.45) is 0 Å². The van der Waals surface area contributed by atoms with Crippen molar-refractivity contribution in [3.63, 3.8) is 0 Å². The maximum atomic E-state index is 4.30. The normalized spacial score (nSPS) is 18.9. The third-order valence-corrected chi connectivity index (χ3v) is 1.79. The average molecular weight is 347 g/mol. The van der Waals surface area contributed by atoms with Crippen molar-refractivity contribution in [2.45, 2.75) is 6.04 Å². The van der Waals surface area contributed by atoms with Crippen LogP contribution in [0, 0.1) is 6.07 Å². The van der Waals surface area contributed by atoms with E-state index in [1.807, 2.05) is 42.6 Å². The molecule has 0 aliphatic carbocycles. The molecule has 1 aliphatic heterocycles. The molecular weight excluding hydrogens is 338 g/mol. The van der Waals surface area contributed by atoms with Crippen LogP contribution in [0.4, 0.5) is 0 Å². The molecule has 13 heavy (non-hydrogen) atoms. The van der Waals surface area contributed by atoms with Crippen LogP contribution >= 0.6 is 0 Å². The molecule has 0 fully saturated rings. The minimum atomic E-state index is 0. The quantitative estimate of drug-likeness (QED) is 0.694. The molecule has 1 aliphatic rings. The molecule has 2 heteroatoms. The van der Waals surface area contributed by atoms with Crippen molar-refractivity contribution in [1.29, 1.82) is 0 Å². The number of nitrogens with zero attached hydrogens (tertiary/aromatic N) is 1. The Balaban J connectivity index is 0.000000845. The second-order valence-electron chi connectivity index (χ2n) is 2.64. The van der Waals surface area contributed by atoms with Gasteiger partial charge in [-0.1, -0.05) is 24.3 Å². The fourth-order valence-electron chi connectivity index (χ4n) is 1.19. The van der Waals surface area contributed by atoms with E-state index in [9.17, 15) is 0 Å². The van der Waals surface area contributed by atoms with Gasteiger partial charge in [-0.15, -0.1) is 0 Å². The van der Waals surface area contributed by atoms with Crippen molar-refractivity contribution < 1.29 is 20.1 Å². The zero-order valence-corrected chi connectivity index (χ0v) is 9.37. The minimum absolute atomic E-state index is 0. The van der Waals surface area contributed by atoms with Gasteiger partial charge >= 0.3 is 0 Å². The van der Waals surface area contributed by atoms with Crippen molar-refractivity contribution in [1.82, 2.24) is 0 Å². The van der Waals surface area contributed by atoms with Crippen LogP contribution in [-0.2, 0) is 20.1 Å². The van der Waals surface area contributed by atoms with Crippen LogP contribution in [0.1, 0.15) is 11.6 Å². The van der Waals surface area contributed by atoms with Gasteiger partial charge in [-0.05, 0) is 0 Å². The first-order chi connectivity index (χ1) is 5.97. The van der Waals surface area contributed by atoms with E-state index in [0.717, 1.165) is 5.56 Å². The number of benzene rings is 1. The van der Waals surface area contributed by atoms with Crippen LogP contribution in [0.15, 0.2) is 48.7 Å². The number of hydrogen-bond donors (Lipinski definition) is 0. The largest absolute Gasteiger partial charge is 0.683 e. The Morgan fingerprint density at radius 3 is 2.77 bits per heavy atom. The van der Waals surface area contributed by atoms with Gasteiger partial charge in [0, 0.05) is 20.1 Å². The van der Waals surface area contributed by atoms with Gasteiger partial charge in [0.25, 0.3) is 0 Å². The van der Waals surface area contributed by atoms with Gasteiger partial charge in [0.15, 0.2) is 0 Å². The van der Waals surface area contributed by atoms with Crippen LogP contribution < -0.4 is 0 Å². The summed E-state index contributed by atoms with van der Waals surface area (Å²) in [5.74, 6) is 0. The zero-order valence-electron chi connectivity index (χ0n) is 6.98. The van der Waals surface area contributed by atoms with Gasteiger partial charge in [-0.3, -0.25) is 0 Å². The minimum Gasteiger partial charge on any atom is -0.683 e. The summed E-state index contributed by atoms with van der Waals surface area (Å²) in [5, 5.41) is 4.30. The zero-order chi connectivity index (χ0) is 8.23. The van der Waals surface area contributed by atoms with Gasteiger partial charge in [-0.25, -0.2) is 0 Å². The molecule has 0 N–H and O–H groups in total. The summed E-state index contributed by atoms with van der Waals surface area (Å²) in [4.78, 5) is 0. The molecule has 0 saturated heterocycles. The molecule has 1 atom stereocenters. The summed E-state index contributed by atoms with van der Waals surface area (Å²) in [6, 6.07) is 11.2. The predicted molar refractivity (Wildman–Crippen MR) is 49.7 cm³/mol. The molecule has 0 aromatic heterocycles. The summed E-state index contributed by atoms with van der Waals surface area (Å²) in [6.45, 7) is 0. The van der Waals surface area contributed by atoms with Gasteiger partial charge in [-0.2, -0.15) is 42.1 Å². The molecule has 1 aromatic carbocycles. The molecule has 69 valence electrons. The second-order valence-corrected chi connectivity index (χ2v) is 2.64. The second kappa shape index (κ2) is 5.00. The van der Waals surface area contributed by atoms with Crippen LogP contribution in [0.3, 0.4) is 0 Å². The van der Waals surface area contributed by atoms with Crippen LogP contribution in [0.5, 0.6) is 0 Å². The molecule has 0 amide bonds. The average Bonchev–Trinajstić information content (AvgIpc) is 2.21. The van der Waals surface area contributed by atoms with E-state index >= 15 is 0 Å². The topological polar surface area (TPSA) is 14.1 Å². The molecule has 0 saturated carbocycles. The molecule has 1 nitrogen and oxygen atoms in total. The third-order valence-electron chi connectivity index (χ3n) is 1.79. The summed E-state index contributed by atoms with van der Waals surface area (Å²) < 4.78 is 0. The standard InChI is InChI=1S/C11H9N.Ir/c1-2-6-10(7-3-1)11-8-4-5-9-12-11;/h1-6,8-9,11H;/q-2;. The first-order valence-corrected chi connectivity index (χ1v) is 3.97. The smallest absolute Gasteiger partial charge is 0 e. The molecule has 1 unspecified atom stereocenters. The third kappa shape index (κ3) is 2.55. The fourth-order valence-corrected chi connectivity index (χ4v) is 1.19. The van der Waals surface area contributed by atoms with Crippen LogP contribution in [0.25, 0.3) is 5.32 Å². The Morgan fingerprint density at radius 2 is 2.15 bits per heavy atom. The molecule has 2 rings (SSSR count). The van der Waals surface area contributed by atoms with E-state index in [1.165, 1.54) is 0 Å². The molecule has 0 spiro atoms. The Morgan fingerprint density at radius 1 is 1.23 bits per heavy atom. The van der Waals surface area contributed by atoms with Gasteiger partial charge in [0.2, 0.25) is 0 Å². The fraction of sp³-hybridized carbons (Fsp3) is 0.0909. The van der Waals surface area contributed by atoms with E-state index in [4.69, 9.17) is 0 Å². The Hall–Kier alpha value is -0.851. The van der Waals surface area contributed by atoms with Gasteiger partial charge in [0.1, 0.15) is 0 Å². The summed E-state index contributed by atoms with van der Waals surface area (Å²) in [7, 11) is 0. The van der Waals surface area contributed by atoms with Crippen molar-refractivity contribution in [3.8, 4) is 0 Å². The molecule has 1 aromatic rings. The van der Waals surface area contributed by atoms with Crippen LogP contribution in [-0.4, -0.2) is 0 Å². The van der Waals surface area contributed by atoms with Gasteiger partial charge in [0.05, 0.1) is 0 Å². The Labute approximate surface area is 91.9 Å². The predicted octanol–water partition coefficient (Wildman–Crippen LogP) is 2.98. The van der Waals surface area contributed by atoms with Crippen LogP contribution in [0.2, 0.25) is 0 Å². The molecule has 0 bridgehead atoms. The van der Waals surface area contributed by atoms with Crippen molar-refractivity contribution in [2.75, 3.05) is 0 Å². The van der Waals surface area contributed by atoms with Crippen molar-refractivity contribution in [3.05, 3.63) is 65.6 Å². The van der Waals surface area contributed by atoms with E-state index in [0.29, 0.717) is 0 Å². The summed E-state index contributed by atoms with van der Waals surface area (Å²) >= 11 is 0. The number of hydrogen-bond acceptors (Lipinski definition) is 0. The SMILES string of the molecule is [Ir].[c-]1ccccc1C1C=CC=C[N-]1. The van der Waals surface area contributed by atoms with E-state index in [-0.39, 0.29) is 26.1 Å². The summed E-state index contributed by atoms with van der Waals surface area (Å²) in [5.41, 5.74) is 1.12. The molecular formula is C11H9IrN-2. The Bertz CT molecular complexity index is 303. The summed E-state index contributed by atoms with van der Waals surface area (Å²) in [6.07, 6.45) is 7.83. The molecule has 1 radical (unpaired) electrons. The maximum absolute atomic E-state index is 4.30. The monoisotopic (exact) mass is 348 g/mol. The van der Waals surface area contributed by atoms with E-state index in [1.54, 1.807) is 0 Å². The first kappa shape index (κ1) is 10.2. The Kier molecular flexibility index (Phi) is 3.94. The van der Waals surface area contributed by atoms with E-state index < -0.39 is 0 Å². The number of rotatable bonds is 1. The number of allylic oxidation sites excluding steroid dienone is 2. The first-order valence-electron chi connectivity index (χ1n) is 3.97.